The Morgan fingerprint density at radius 1 is 0.432 bits per heavy atom. The molecule has 8 saturated carbocycles. The Bertz CT molecular complexity index is 2990. The van der Waals surface area contributed by atoms with Gasteiger partial charge in [-0.25, -0.2) is 15.0 Å². The topological polar surface area (TPSA) is 253 Å². The van der Waals surface area contributed by atoms with Crippen LogP contribution >= 0.6 is 0 Å². The van der Waals surface area contributed by atoms with E-state index in [1.807, 2.05) is 27.7 Å². The normalized spacial score (nSPS) is 18.4. The lowest BCUT2D eigenvalue weighted by Gasteiger charge is -2.13. The van der Waals surface area contributed by atoms with Gasteiger partial charge in [-0.1, -0.05) is 256 Å². The number of hydrogen-bond acceptors (Lipinski definition) is 13. The van der Waals surface area contributed by atoms with Crippen LogP contribution in [0.2, 0.25) is 0 Å². The molecule has 111 heavy (non-hydrogen) atoms. The van der Waals surface area contributed by atoms with Crippen molar-refractivity contribution in [3.05, 3.63) is 41.2 Å². The molecule has 8 aliphatic carbocycles. The van der Waals surface area contributed by atoms with Gasteiger partial charge in [-0.3, -0.25) is 28.8 Å². The summed E-state index contributed by atoms with van der Waals surface area (Å²) in [6.45, 7) is 16.0. The van der Waals surface area contributed by atoms with Gasteiger partial charge in [0.05, 0.1) is 58.9 Å². The molecule has 8 fully saturated rings. The maximum atomic E-state index is 11.9. The fourth-order valence-corrected chi connectivity index (χ4v) is 17.4. The van der Waals surface area contributed by atoms with Crippen LogP contribution in [0.1, 0.15) is 432 Å². The Kier molecular flexibility index (Phi) is 46.7. The molecule has 17 heteroatoms. The third kappa shape index (κ3) is 40.0. The second-order valence-corrected chi connectivity index (χ2v) is 38.0. The fourth-order valence-electron chi connectivity index (χ4n) is 16.5. The van der Waals surface area contributed by atoms with Crippen LogP contribution in [0.5, 0.6) is 0 Å². The number of benzene rings is 1. The molecule has 0 unspecified atom stereocenters. The number of nitrogens with zero attached hydrogens (tertiary/aromatic N) is 2. The summed E-state index contributed by atoms with van der Waals surface area (Å²) in [7, 11) is -3.38. The number of carboxylic acids is 2. The second kappa shape index (κ2) is 52.7. The van der Waals surface area contributed by atoms with E-state index < -0.39 is 27.7 Å². The average molecular weight is 1570 g/mol. The van der Waals surface area contributed by atoms with Gasteiger partial charge in [-0.2, -0.15) is 5.26 Å². The molecule has 16 nitrogen and oxygen atoms in total. The Balaban J connectivity index is 0.000000296. The largest absolute Gasteiger partial charge is 0.481 e. The summed E-state index contributed by atoms with van der Waals surface area (Å²) >= 11 is 0. The molecule has 634 valence electrons. The lowest BCUT2D eigenvalue weighted by atomic mass is 9.94. The Labute approximate surface area is 675 Å². The minimum Gasteiger partial charge on any atom is -0.481 e. The van der Waals surface area contributed by atoms with E-state index in [9.17, 15) is 42.3 Å². The second-order valence-electron chi connectivity index (χ2n) is 36.1. The number of carboxylic acid groups (broad SMARTS) is 2. The Morgan fingerprint density at radius 3 is 0.955 bits per heavy atom. The van der Waals surface area contributed by atoms with Gasteiger partial charge in [0.1, 0.15) is 6.29 Å². The first-order chi connectivity index (χ1) is 53.0. The number of esters is 3. The van der Waals surface area contributed by atoms with Crippen LogP contribution in [-0.4, -0.2) is 92.2 Å². The molecule has 1 aromatic rings. The van der Waals surface area contributed by atoms with Crippen molar-refractivity contribution in [1.29, 1.82) is 5.26 Å². The van der Waals surface area contributed by atoms with Crippen molar-refractivity contribution >= 4 is 46.0 Å². The molecule has 0 heterocycles. The summed E-state index contributed by atoms with van der Waals surface area (Å²) in [5, 5.41) is 36.1. The number of nitriles is 1. The first kappa shape index (κ1) is 98.5. The predicted octanol–water partition coefficient (Wildman–Crippen LogP) is 25.0. The molecular formula is C94H158N2O14S. The fraction of sp³-hybridized carbons (Fsp3) is 0.851. The molecule has 8 aliphatic rings. The van der Waals surface area contributed by atoms with Crippen LogP contribution in [0.25, 0.3) is 4.85 Å². The van der Waals surface area contributed by atoms with Crippen LogP contribution in [-0.2, 0) is 52.8 Å². The molecule has 0 atom stereocenters. The summed E-state index contributed by atoms with van der Waals surface area (Å²) < 4.78 is 38.2. The number of aliphatic hydroxyl groups excluding tert-OH is 1. The van der Waals surface area contributed by atoms with Crippen molar-refractivity contribution in [3.63, 3.8) is 0 Å². The van der Waals surface area contributed by atoms with Gasteiger partial charge in [0.2, 0.25) is 0 Å². The smallest absolute Gasteiger partial charge is 0.316 e. The maximum absolute atomic E-state index is 11.9. The molecule has 3 N–H and O–H groups in total. The number of hydrogen-bond donors (Lipinski definition) is 3. The molecule has 0 aliphatic heterocycles. The quantitative estimate of drug-likeness (QED) is 0.0180. The maximum Gasteiger partial charge on any atom is 0.316 e. The number of aliphatic carboxylic acids is 2. The molecule has 0 aromatic heterocycles. The van der Waals surface area contributed by atoms with E-state index in [2.05, 4.69) is 10.9 Å². The molecular weight excluding hydrogens is 1410 g/mol. The van der Waals surface area contributed by atoms with E-state index in [1.54, 1.807) is 12.1 Å². The van der Waals surface area contributed by atoms with Crippen molar-refractivity contribution < 1.29 is 66.7 Å². The van der Waals surface area contributed by atoms with E-state index in [0.717, 1.165) is 134 Å². The van der Waals surface area contributed by atoms with E-state index in [4.69, 9.17) is 36.3 Å². The molecule has 0 saturated heterocycles. The summed E-state index contributed by atoms with van der Waals surface area (Å²) in [6, 6.07) is 8.84. The van der Waals surface area contributed by atoms with Crippen molar-refractivity contribution in [2.75, 3.05) is 32.3 Å². The molecule has 1 aromatic carbocycles. The molecule has 0 spiro atoms. The summed E-state index contributed by atoms with van der Waals surface area (Å²) in [5.41, 5.74) is 1.49. The van der Waals surface area contributed by atoms with Crippen molar-refractivity contribution in [2.24, 2.45) is 43.3 Å². The van der Waals surface area contributed by atoms with Crippen LogP contribution in [0.15, 0.2) is 29.2 Å². The lowest BCUT2D eigenvalue weighted by molar-refractivity contribution is -0.150. The molecule has 0 bridgehead atoms. The average Bonchev–Trinajstić information content (AvgIpc) is 1.70. The summed E-state index contributed by atoms with van der Waals surface area (Å²) in [6.07, 6.45) is 74.9. The number of ether oxygens (including phenoxy) is 3. The third-order valence-electron chi connectivity index (χ3n) is 26.4. The van der Waals surface area contributed by atoms with E-state index in [1.165, 1.54) is 282 Å². The number of aldehydes is 1. The number of unbranched alkanes of at least 4 members (excludes halogenated alkanes) is 32. The van der Waals surface area contributed by atoms with Crippen LogP contribution < -0.4 is 0 Å². The zero-order chi connectivity index (χ0) is 80.0. The van der Waals surface area contributed by atoms with Gasteiger partial charge in [0.15, 0.2) is 0 Å². The first-order valence-electron chi connectivity index (χ1n) is 45.1. The number of sulfone groups is 1. The number of rotatable bonds is 62. The SMILES string of the molecule is C.CCOC(=O)C1(CCCCCCCCCCCC2(C=O)CC2)CC1.CCOC(=O)C1(CCCCCCCCCCCC2(CC#N)CC2)CC1.CCOC(=O)C1(CCCCCCCCCCCC2(CO)CC2)CC1.O=C(O)CC1(CCCCCCCCCCCC2(C(=O)O)CC2)CC1.[C-]#[N+]CS(=O)(=O)c1ccc(C)cc1. The minimum atomic E-state index is -3.38. The minimum absolute atomic E-state index is 0. The van der Waals surface area contributed by atoms with Crippen molar-refractivity contribution in [3.8, 4) is 6.07 Å². The third-order valence-corrected chi connectivity index (χ3v) is 27.8. The highest BCUT2D eigenvalue weighted by Crippen LogP contribution is 2.56. The van der Waals surface area contributed by atoms with Gasteiger partial charge in [-0.05, 0) is 210 Å². The van der Waals surface area contributed by atoms with E-state index in [-0.39, 0.29) is 62.7 Å². The Hall–Kier alpha value is -4.87. The van der Waals surface area contributed by atoms with E-state index >= 15 is 0 Å². The predicted molar refractivity (Wildman–Crippen MR) is 446 cm³/mol. The highest BCUT2D eigenvalue weighted by molar-refractivity contribution is 7.91. The van der Waals surface area contributed by atoms with Gasteiger partial charge < -0.3 is 34.3 Å². The Morgan fingerprint density at radius 2 is 0.712 bits per heavy atom. The summed E-state index contributed by atoms with van der Waals surface area (Å²) in [5.74, 6) is -1.54. The van der Waals surface area contributed by atoms with Crippen molar-refractivity contribution in [2.45, 2.75) is 438 Å². The first-order valence-corrected chi connectivity index (χ1v) is 46.7. The van der Waals surface area contributed by atoms with Gasteiger partial charge in [0.25, 0.3) is 9.84 Å². The summed E-state index contributed by atoms with van der Waals surface area (Å²) in [4.78, 5) is 71.5. The van der Waals surface area contributed by atoms with Crippen LogP contribution in [0.4, 0.5) is 0 Å². The number of carbonyl (C=O) groups is 6. The molecule has 0 radical (unpaired) electrons. The van der Waals surface area contributed by atoms with Gasteiger partial charge in [-0.15, -0.1) is 0 Å². The number of aryl methyl sites for hydroxylation is 1. The van der Waals surface area contributed by atoms with Crippen LogP contribution in [0.3, 0.4) is 0 Å². The van der Waals surface area contributed by atoms with Gasteiger partial charge >= 0.3 is 35.7 Å². The highest BCUT2D eigenvalue weighted by atomic mass is 32.2. The standard InChI is InChI=1S/C22H37NO2.C21H38O3.C21H36O3.C20H34O4.C9H9NO2S.CH4/c1-2-25-20(24)22(16-17-22)13-11-9-7-5-3-4-6-8-10-12-21(14-15-21)18-19-23;2*1-2-24-19(23)21(16-17-21)13-11-9-7-5-3-4-6-8-10-12-20(18-22)14-15-20;21-17(22)16-19(12-13-19)10-8-6-4-2-1-3-5-7-9-11-20(14-15-20)18(23)24;1-8-3-5-9(6-4-8)13(11,12)7-10-2;/h2-18H2,1H3;22H,2-18H2,1H3;18H,2-17H2,1H3;1-16H2,(H,21,22)(H,23,24);3-6H,7H2,1H3;1H4. The number of aliphatic hydroxyl groups is 1. The molecule has 9 rings (SSSR count). The highest BCUT2D eigenvalue weighted by Gasteiger charge is 2.53. The molecule has 0 amide bonds. The number of carbonyl (C=O) groups excluding carboxylic acids is 4. The van der Waals surface area contributed by atoms with Crippen LogP contribution in [0, 0.1) is 68.1 Å². The van der Waals surface area contributed by atoms with E-state index in [0.29, 0.717) is 43.7 Å². The zero-order valence-electron chi connectivity index (χ0n) is 69.9. The van der Waals surface area contributed by atoms with Crippen molar-refractivity contribution in [1.82, 2.24) is 0 Å². The zero-order valence-corrected chi connectivity index (χ0v) is 70.7. The lowest BCUT2D eigenvalue weighted by Crippen LogP contribution is -2.18. The van der Waals surface area contributed by atoms with Gasteiger partial charge in [0, 0.05) is 18.4 Å². The monoisotopic (exact) mass is 1570 g/mol.